The minimum Gasteiger partial charge on any atom is -0.390 e. The van der Waals surface area contributed by atoms with Crippen molar-refractivity contribution in [3.05, 3.63) is 70.2 Å². The van der Waals surface area contributed by atoms with Crippen LogP contribution < -0.4 is 5.73 Å². The maximum absolute atomic E-state index is 10.9. The summed E-state index contributed by atoms with van der Waals surface area (Å²) in [5.74, 6) is 0.116. The molecule has 1 aliphatic rings. The molecule has 3 aromatic heterocycles. The summed E-state index contributed by atoms with van der Waals surface area (Å²) in [6, 6.07) is 9.32. The predicted octanol–water partition coefficient (Wildman–Crippen LogP) is 4.06. The minimum atomic E-state index is -0.992. The van der Waals surface area contributed by atoms with E-state index in [9.17, 15) is 10.2 Å². The fourth-order valence-corrected chi connectivity index (χ4v) is 5.12. The first-order valence-corrected chi connectivity index (χ1v) is 11.4. The molecule has 164 valence electrons. The number of halogens is 2. The molecule has 0 aliphatic heterocycles. The van der Waals surface area contributed by atoms with Gasteiger partial charge in [-0.1, -0.05) is 30.3 Å². The lowest BCUT2D eigenvalue weighted by molar-refractivity contribution is 0.00550. The summed E-state index contributed by atoms with van der Waals surface area (Å²) in [5, 5.41) is 23.8. The third kappa shape index (κ3) is 3.47. The Labute approximate surface area is 197 Å². The van der Waals surface area contributed by atoms with E-state index in [4.69, 9.17) is 17.3 Å². The number of nitrogens with zero attached hydrogens (tertiary/aromatic N) is 4. The average Bonchev–Trinajstić information content (AvgIpc) is 3.27. The summed E-state index contributed by atoms with van der Waals surface area (Å²) in [6.45, 7) is 4.24. The first kappa shape index (κ1) is 21.3. The highest BCUT2D eigenvalue weighted by molar-refractivity contribution is 9.10. The summed E-state index contributed by atoms with van der Waals surface area (Å²) in [7, 11) is 0. The number of pyridine rings is 1. The van der Waals surface area contributed by atoms with Crippen LogP contribution in [0, 0.1) is 5.92 Å². The van der Waals surface area contributed by atoms with Gasteiger partial charge in [-0.3, -0.25) is 0 Å². The van der Waals surface area contributed by atoms with Crippen molar-refractivity contribution in [2.45, 2.75) is 31.1 Å². The summed E-state index contributed by atoms with van der Waals surface area (Å²) in [6.07, 6.45) is 2.62. The Morgan fingerprint density at radius 3 is 2.78 bits per heavy atom. The van der Waals surface area contributed by atoms with Gasteiger partial charge < -0.3 is 20.5 Å². The van der Waals surface area contributed by atoms with Gasteiger partial charge in [0.1, 0.15) is 29.0 Å². The van der Waals surface area contributed by atoms with E-state index >= 15 is 0 Å². The van der Waals surface area contributed by atoms with Crippen LogP contribution in [0.4, 0.5) is 5.82 Å². The average molecular weight is 515 g/mol. The van der Waals surface area contributed by atoms with Crippen molar-refractivity contribution in [3.63, 3.8) is 0 Å². The number of aryl methyl sites for hydroxylation is 1. The highest BCUT2D eigenvalue weighted by Gasteiger charge is 2.45. The van der Waals surface area contributed by atoms with Crippen molar-refractivity contribution in [1.29, 1.82) is 0 Å². The fourth-order valence-electron chi connectivity index (χ4n) is 4.64. The number of rotatable bonds is 4. The zero-order valence-electron chi connectivity index (χ0n) is 17.0. The molecular weight excluding hydrogens is 494 g/mol. The lowest BCUT2D eigenvalue weighted by atomic mass is 9.93. The minimum absolute atomic E-state index is 0.260. The van der Waals surface area contributed by atoms with Gasteiger partial charge in [0.2, 0.25) is 0 Å². The molecule has 1 aromatic carbocycles. The summed E-state index contributed by atoms with van der Waals surface area (Å²) < 4.78 is 2.58. The number of hydrogen-bond donors (Lipinski definition) is 3. The molecule has 4 aromatic rings. The Balaban J connectivity index is 1.39. The molecule has 32 heavy (non-hydrogen) atoms. The monoisotopic (exact) mass is 513 g/mol. The molecule has 4 atom stereocenters. The zero-order valence-corrected chi connectivity index (χ0v) is 19.3. The SMILES string of the molecule is C=C1[C@@H](n2ccc3c(N)ncnc32)[C@H](O)[C@H](O)[C@H]1CCc1ccc2cc(Br)c(Cl)nc2c1. The summed E-state index contributed by atoms with van der Waals surface area (Å²) in [5.41, 5.74) is 9.22. The second kappa shape index (κ2) is 8.12. The molecule has 1 fully saturated rings. The fraction of sp³-hybridized carbons (Fsp3) is 0.261. The number of fused-ring (bicyclic) bond motifs is 2. The Morgan fingerprint density at radius 2 is 1.97 bits per heavy atom. The van der Waals surface area contributed by atoms with Crippen molar-refractivity contribution in [2.75, 3.05) is 5.73 Å². The smallest absolute Gasteiger partial charge is 0.146 e. The molecule has 0 spiro atoms. The third-order valence-electron chi connectivity index (χ3n) is 6.32. The topological polar surface area (TPSA) is 110 Å². The molecule has 1 aliphatic carbocycles. The Kier molecular flexibility index (Phi) is 5.41. The van der Waals surface area contributed by atoms with Crippen molar-refractivity contribution < 1.29 is 10.2 Å². The number of nitrogen functional groups attached to an aromatic ring is 1. The van der Waals surface area contributed by atoms with Gasteiger partial charge in [-0.15, -0.1) is 0 Å². The van der Waals surface area contributed by atoms with E-state index in [0.29, 0.717) is 34.8 Å². The summed E-state index contributed by atoms with van der Waals surface area (Å²) in [4.78, 5) is 12.8. The van der Waals surface area contributed by atoms with E-state index in [0.717, 1.165) is 26.5 Å². The van der Waals surface area contributed by atoms with E-state index in [-0.39, 0.29) is 5.92 Å². The molecule has 0 unspecified atom stereocenters. The highest BCUT2D eigenvalue weighted by Crippen LogP contribution is 2.43. The van der Waals surface area contributed by atoms with E-state index < -0.39 is 18.2 Å². The van der Waals surface area contributed by atoms with Gasteiger partial charge in [0.05, 0.1) is 27.5 Å². The zero-order chi connectivity index (χ0) is 22.6. The van der Waals surface area contributed by atoms with Crippen LogP contribution in [0.15, 0.2) is 59.5 Å². The molecule has 7 nitrogen and oxygen atoms in total. The number of nitrogens with two attached hydrogens (primary N) is 1. The van der Waals surface area contributed by atoms with E-state index in [1.54, 1.807) is 6.20 Å². The Morgan fingerprint density at radius 1 is 1.16 bits per heavy atom. The van der Waals surface area contributed by atoms with Crippen LogP contribution in [-0.2, 0) is 6.42 Å². The number of benzene rings is 1. The number of aromatic nitrogens is 4. The molecule has 0 amide bonds. The summed E-state index contributed by atoms with van der Waals surface area (Å²) >= 11 is 9.54. The molecule has 0 saturated heterocycles. The molecular formula is C23H21BrClN5O2. The number of aliphatic hydroxyl groups excluding tert-OH is 2. The van der Waals surface area contributed by atoms with Crippen LogP contribution in [0.1, 0.15) is 18.0 Å². The van der Waals surface area contributed by atoms with E-state index in [1.807, 2.05) is 34.9 Å². The van der Waals surface area contributed by atoms with Gasteiger partial charge in [-0.05, 0) is 58.1 Å². The number of anilines is 1. The van der Waals surface area contributed by atoms with Crippen molar-refractivity contribution in [3.8, 4) is 0 Å². The molecule has 1 saturated carbocycles. The van der Waals surface area contributed by atoms with Gasteiger partial charge in [0.25, 0.3) is 0 Å². The maximum Gasteiger partial charge on any atom is 0.146 e. The maximum atomic E-state index is 10.9. The number of hydrogen-bond acceptors (Lipinski definition) is 6. The lowest BCUT2D eigenvalue weighted by Gasteiger charge is -2.19. The van der Waals surface area contributed by atoms with Crippen LogP contribution in [0.2, 0.25) is 5.15 Å². The van der Waals surface area contributed by atoms with Crippen LogP contribution in [0.3, 0.4) is 0 Å². The largest absolute Gasteiger partial charge is 0.390 e. The first-order chi connectivity index (χ1) is 15.3. The van der Waals surface area contributed by atoms with E-state index in [1.165, 1.54) is 6.33 Å². The number of aliphatic hydroxyl groups is 2. The van der Waals surface area contributed by atoms with Crippen LogP contribution in [-0.4, -0.2) is 41.9 Å². The van der Waals surface area contributed by atoms with Crippen LogP contribution >= 0.6 is 27.5 Å². The Hall–Kier alpha value is -2.52. The molecule has 4 N–H and O–H groups in total. The third-order valence-corrected chi connectivity index (χ3v) is 7.44. The van der Waals surface area contributed by atoms with Crippen molar-refractivity contribution in [1.82, 2.24) is 19.5 Å². The second-order valence-corrected chi connectivity index (χ2v) is 9.37. The van der Waals surface area contributed by atoms with Crippen LogP contribution in [0.5, 0.6) is 0 Å². The van der Waals surface area contributed by atoms with Crippen molar-refractivity contribution in [2.24, 2.45) is 5.92 Å². The molecule has 0 bridgehead atoms. The lowest BCUT2D eigenvalue weighted by Crippen LogP contribution is -2.29. The van der Waals surface area contributed by atoms with Crippen LogP contribution in [0.25, 0.3) is 21.9 Å². The quantitative estimate of drug-likeness (QED) is 0.280. The predicted molar refractivity (Wildman–Crippen MR) is 128 cm³/mol. The Bertz CT molecular complexity index is 1360. The molecule has 5 rings (SSSR count). The van der Waals surface area contributed by atoms with E-state index in [2.05, 4.69) is 37.5 Å². The second-order valence-electron chi connectivity index (χ2n) is 8.15. The van der Waals surface area contributed by atoms with Crippen molar-refractivity contribution >= 4 is 55.3 Å². The normalized spacial score (nSPS) is 23.4. The molecule has 3 heterocycles. The standard InChI is InChI=1S/C23H21BrClN5O2/c1-11-14(5-3-12-2-4-13-9-16(24)21(25)29-17(13)8-12)19(31)20(32)18(11)30-7-6-15-22(26)27-10-28-23(15)30/h2,4,6-10,14,18-20,31-32H,1,3,5H2,(H2,26,27,28)/t14-,18+,19+,20-/m0/s1. The van der Waals surface area contributed by atoms with Gasteiger partial charge in [-0.25, -0.2) is 15.0 Å². The van der Waals surface area contributed by atoms with Gasteiger partial charge in [-0.2, -0.15) is 0 Å². The first-order valence-electron chi connectivity index (χ1n) is 10.2. The van der Waals surface area contributed by atoms with Gasteiger partial charge in [0.15, 0.2) is 0 Å². The molecule has 0 radical (unpaired) electrons. The van der Waals surface area contributed by atoms with Gasteiger partial charge in [0, 0.05) is 17.5 Å². The highest BCUT2D eigenvalue weighted by atomic mass is 79.9. The molecule has 9 heteroatoms. The van der Waals surface area contributed by atoms with Gasteiger partial charge >= 0.3 is 0 Å².